The largest absolute Gasteiger partial charge is 0.497 e. The van der Waals surface area contributed by atoms with Crippen molar-refractivity contribution in [1.29, 1.82) is 0 Å². The molecule has 5 aromatic carbocycles. The molecule has 0 aromatic heterocycles. The van der Waals surface area contributed by atoms with Crippen molar-refractivity contribution in [3.05, 3.63) is 139 Å². The molecule has 5 rings (SSSR count). The van der Waals surface area contributed by atoms with Crippen LogP contribution in [0.25, 0.3) is 17.2 Å². The number of methoxy groups -OCH3 is 2. The molecule has 0 heterocycles. The highest BCUT2D eigenvalue weighted by molar-refractivity contribution is 5.91. The van der Waals surface area contributed by atoms with Gasteiger partial charge in [0.1, 0.15) is 34.5 Å². The SMILES string of the molecule is CCC(CC(C)C(=O)OCCCCOc1ccc(C(=O)Oc2ccc(-c3ccc(OC)cc3)cc2)cc1)C(=O)Oc1ccc(OC(=O)C=Cc2ccc(OC)cc2)cc1. The van der Waals surface area contributed by atoms with Crippen LogP contribution in [0.15, 0.2) is 127 Å². The number of hydrogen-bond acceptors (Lipinski definition) is 11. The lowest BCUT2D eigenvalue weighted by Gasteiger charge is -2.18. The summed E-state index contributed by atoms with van der Waals surface area (Å²) < 4.78 is 38.1. The first-order valence-corrected chi connectivity index (χ1v) is 19.4. The zero-order valence-electron chi connectivity index (χ0n) is 33.6. The third kappa shape index (κ3) is 13.6. The Hall–Kier alpha value is -6.88. The van der Waals surface area contributed by atoms with Crippen LogP contribution in [0.1, 0.15) is 55.5 Å². The minimum atomic E-state index is -0.556. The number of benzene rings is 5. The van der Waals surface area contributed by atoms with Gasteiger partial charge in [0.05, 0.1) is 44.8 Å². The third-order valence-electron chi connectivity index (χ3n) is 9.28. The van der Waals surface area contributed by atoms with Gasteiger partial charge in [-0.1, -0.05) is 50.2 Å². The van der Waals surface area contributed by atoms with Gasteiger partial charge in [0.2, 0.25) is 0 Å². The number of rotatable bonds is 20. The summed E-state index contributed by atoms with van der Waals surface area (Å²) in [6, 6.07) is 35.1. The summed E-state index contributed by atoms with van der Waals surface area (Å²) in [7, 11) is 3.21. The second-order valence-corrected chi connectivity index (χ2v) is 13.6. The minimum absolute atomic E-state index is 0.216. The minimum Gasteiger partial charge on any atom is -0.497 e. The van der Waals surface area contributed by atoms with E-state index >= 15 is 0 Å². The quantitative estimate of drug-likeness (QED) is 0.0323. The van der Waals surface area contributed by atoms with E-state index in [4.69, 9.17) is 33.2 Å². The maximum absolute atomic E-state index is 12.9. The number of carbonyl (C=O) groups excluding carboxylic acids is 4. The lowest BCUT2D eigenvalue weighted by atomic mass is 9.94. The molecule has 2 atom stereocenters. The number of ether oxygens (including phenoxy) is 7. The molecular weight excluding hydrogens is 753 g/mol. The predicted octanol–water partition coefficient (Wildman–Crippen LogP) is 9.57. The Morgan fingerprint density at radius 2 is 1.05 bits per heavy atom. The number of esters is 4. The van der Waals surface area contributed by atoms with Gasteiger partial charge in [-0.2, -0.15) is 0 Å². The van der Waals surface area contributed by atoms with Gasteiger partial charge in [-0.05, 0) is 133 Å². The summed E-state index contributed by atoms with van der Waals surface area (Å²) >= 11 is 0. The standard InChI is InChI=1S/C48H48O11/c1-5-35(47(51)58-44-27-25-42(26-28-44)57-45(49)29-10-34-8-17-39(53-3)18-9-34)32-33(2)46(50)56-31-7-6-30-55-41-21-15-38(16-22-41)48(52)59-43-23-13-37(14-24-43)36-11-19-40(54-4)20-12-36/h8-29,33,35H,5-7,30-32H2,1-4H3. The molecule has 59 heavy (non-hydrogen) atoms. The van der Waals surface area contributed by atoms with Gasteiger partial charge in [-0.3, -0.25) is 9.59 Å². The van der Waals surface area contributed by atoms with Gasteiger partial charge in [-0.25, -0.2) is 9.59 Å². The highest BCUT2D eigenvalue weighted by Gasteiger charge is 2.26. The molecule has 11 heteroatoms. The van der Waals surface area contributed by atoms with Crippen LogP contribution in [0.5, 0.6) is 34.5 Å². The van der Waals surface area contributed by atoms with Gasteiger partial charge < -0.3 is 33.2 Å². The van der Waals surface area contributed by atoms with Crippen molar-refractivity contribution in [2.75, 3.05) is 27.4 Å². The van der Waals surface area contributed by atoms with Crippen LogP contribution in [0.2, 0.25) is 0 Å². The number of carbonyl (C=O) groups is 4. The first kappa shape index (κ1) is 43.2. The fourth-order valence-corrected chi connectivity index (χ4v) is 5.82. The van der Waals surface area contributed by atoms with Gasteiger partial charge in [0.15, 0.2) is 0 Å². The van der Waals surface area contributed by atoms with Crippen molar-refractivity contribution in [2.24, 2.45) is 11.8 Å². The fraction of sp³-hybridized carbons (Fsp3) is 0.250. The molecular formula is C48H48O11. The summed E-state index contributed by atoms with van der Waals surface area (Å²) in [5.41, 5.74) is 3.21. The molecule has 306 valence electrons. The zero-order chi connectivity index (χ0) is 42.0. The summed E-state index contributed by atoms with van der Waals surface area (Å²) in [5, 5.41) is 0. The van der Waals surface area contributed by atoms with Crippen LogP contribution in [0.4, 0.5) is 0 Å². The molecule has 0 aliphatic heterocycles. The van der Waals surface area contributed by atoms with E-state index in [0.717, 1.165) is 22.4 Å². The van der Waals surface area contributed by atoms with Crippen LogP contribution >= 0.6 is 0 Å². The third-order valence-corrected chi connectivity index (χ3v) is 9.28. The summed E-state index contributed by atoms with van der Waals surface area (Å²) in [6.07, 6.45) is 4.93. The topological polar surface area (TPSA) is 133 Å². The van der Waals surface area contributed by atoms with E-state index in [9.17, 15) is 19.2 Å². The molecule has 11 nitrogen and oxygen atoms in total. The summed E-state index contributed by atoms with van der Waals surface area (Å²) in [6.45, 7) is 4.20. The van der Waals surface area contributed by atoms with Crippen molar-refractivity contribution >= 4 is 30.0 Å². The summed E-state index contributed by atoms with van der Waals surface area (Å²) in [4.78, 5) is 50.6. The van der Waals surface area contributed by atoms with Gasteiger partial charge in [-0.15, -0.1) is 0 Å². The van der Waals surface area contributed by atoms with Gasteiger partial charge in [0.25, 0.3) is 0 Å². The van der Waals surface area contributed by atoms with Crippen molar-refractivity contribution in [2.45, 2.75) is 39.5 Å². The molecule has 0 aliphatic carbocycles. The molecule has 2 unspecified atom stereocenters. The Bertz CT molecular complexity index is 2140. The Balaban J connectivity index is 0.951. The number of hydrogen-bond donors (Lipinski definition) is 0. The van der Waals surface area contributed by atoms with Crippen LogP contribution in [0.3, 0.4) is 0 Å². The number of unbranched alkanes of at least 4 members (excludes halogenated alkanes) is 1. The first-order chi connectivity index (χ1) is 28.6. The highest BCUT2D eigenvalue weighted by Crippen LogP contribution is 2.26. The van der Waals surface area contributed by atoms with E-state index in [0.29, 0.717) is 60.2 Å². The average Bonchev–Trinajstić information content (AvgIpc) is 3.27. The maximum Gasteiger partial charge on any atom is 0.343 e. The van der Waals surface area contributed by atoms with E-state index in [-0.39, 0.29) is 19.0 Å². The fourth-order valence-electron chi connectivity index (χ4n) is 5.82. The van der Waals surface area contributed by atoms with Crippen molar-refractivity contribution in [3.8, 4) is 45.6 Å². The molecule has 5 aromatic rings. The van der Waals surface area contributed by atoms with E-state index in [1.165, 1.54) is 18.2 Å². The Morgan fingerprint density at radius 1 is 0.559 bits per heavy atom. The van der Waals surface area contributed by atoms with Crippen molar-refractivity contribution < 1.29 is 52.3 Å². The lowest BCUT2D eigenvalue weighted by Crippen LogP contribution is -2.26. The molecule has 0 saturated heterocycles. The first-order valence-electron chi connectivity index (χ1n) is 19.4. The van der Waals surface area contributed by atoms with E-state index in [2.05, 4.69) is 0 Å². The average molecular weight is 801 g/mol. The van der Waals surface area contributed by atoms with E-state index in [1.54, 1.807) is 87.9 Å². The Labute approximate surface area is 344 Å². The Kier molecular flexibility index (Phi) is 16.2. The van der Waals surface area contributed by atoms with Crippen molar-refractivity contribution in [3.63, 3.8) is 0 Å². The lowest BCUT2D eigenvalue weighted by molar-refractivity contribution is -0.149. The van der Waals surface area contributed by atoms with E-state index < -0.39 is 29.7 Å². The monoisotopic (exact) mass is 800 g/mol. The second-order valence-electron chi connectivity index (χ2n) is 13.6. The van der Waals surface area contributed by atoms with Crippen LogP contribution in [0, 0.1) is 11.8 Å². The molecule has 0 fully saturated rings. The molecule has 0 radical (unpaired) electrons. The molecule has 0 N–H and O–H groups in total. The Morgan fingerprint density at radius 3 is 1.63 bits per heavy atom. The van der Waals surface area contributed by atoms with Crippen molar-refractivity contribution in [1.82, 2.24) is 0 Å². The molecule has 0 bridgehead atoms. The maximum atomic E-state index is 12.9. The van der Waals surface area contributed by atoms with Crippen LogP contribution < -0.4 is 28.4 Å². The highest BCUT2D eigenvalue weighted by atomic mass is 16.5. The molecule has 0 aliphatic rings. The second kappa shape index (κ2) is 22.2. The normalized spacial score (nSPS) is 11.9. The predicted molar refractivity (Wildman–Crippen MR) is 223 cm³/mol. The van der Waals surface area contributed by atoms with E-state index in [1.807, 2.05) is 55.5 Å². The molecule has 0 saturated carbocycles. The smallest absolute Gasteiger partial charge is 0.343 e. The summed E-state index contributed by atoms with van der Waals surface area (Å²) in [5.74, 6) is 0.206. The van der Waals surface area contributed by atoms with Gasteiger partial charge in [0, 0.05) is 6.08 Å². The molecule has 0 amide bonds. The molecule has 0 spiro atoms. The van der Waals surface area contributed by atoms with Crippen LogP contribution in [-0.4, -0.2) is 51.3 Å². The van der Waals surface area contributed by atoms with Gasteiger partial charge >= 0.3 is 23.9 Å². The zero-order valence-corrected chi connectivity index (χ0v) is 33.6. The van der Waals surface area contributed by atoms with Crippen LogP contribution in [-0.2, 0) is 19.1 Å².